The second-order valence-electron chi connectivity index (χ2n) is 7.77. The molecule has 114 valence electrons. The van der Waals surface area contributed by atoms with Gasteiger partial charge in [-0.2, -0.15) is 0 Å². The fraction of sp³-hybridized carbons (Fsp3) is 0.684. The van der Waals surface area contributed by atoms with Crippen LogP contribution in [0.15, 0.2) is 24.3 Å². The van der Waals surface area contributed by atoms with Crippen molar-refractivity contribution in [3.63, 3.8) is 0 Å². The molecule has 3 fully saturated rings. The normalized spacial score (nSPS) is 26.5. The van der Waals surface area contributed by atoms with Crippen LogP contribution in [0.1, 0.15) is 49.7 Å². The summed E-state index contributed by atoms with van der Waals surface area (Å²) >= 11 is 0. The molecule has 1 spiro atoms. The lowest BCUT2D eigenvalue weighted by molar-refractivity contribution is -0.0738. The van der Waals surface area contributed by atoms with Gasteiger partial charge in [-0.15, -0.1) is 0 Å². The molecule has 0 atom stereocenters. The van der Waals surface area contributed by atoms with E-state index in [1.807, 2.05) is 0 Å². The maximum Gasteiger partial charge on any atom is 0.0471 e. The number of hydrogen-bond donors (Lipinski definition) is 1. The van der Waals surface area contributed by atoms with E-state index in [9.17, 15) is 0 Å². The molecule has 1 saturated heterocycles. The number of hydrogen-bond acceptors (Lipinski definition) is 2. The van der Waals surface area contributed by atoms with E-state index >= 15 is 0 Å². The first-order valence-corrected chi connectivity index (χ1v) is 8.58. The summed E-state index contributed by atoms with van der Waals surface area (Å²) in [6.07, 6.45) is 8.00. The van der Waals surface area contributed by atoms with Gasteiger partial charge >= 0.3 is 0 Å². The molecule has 2 nitrogen and oxygen atoms in total. The van der Waals surface area contributed by atoms with Crippen LogP contribution in [0.2, 0.25) is 0 Å². The fourth-order valence-corrected chi connectivity index (χ4v) is 4.51. The molecule has 2 heteroatoms. The van der Waals surface area contributed by atoms with Crippen LogP contribution in [0.4, 0.5) is 0 Å². The Hall–Kier alpha value is -0.860. The molecule has 4 rings (SSSR count). The number of benzene rings is 1. The van der Waals surface area contributed by atoms with E-state index in [1.54, 1.807) is 5.56 Å². The van der Waals surface area contributed by atoms with Gasteiger partial charge in [0.25, 0.3) is 0 Å². The van der Waals surface area contributed by atoms with Gasteiger partial charge in [0.05, 0.1) is 0 Å². The van der Waals surface area contributed by atoms with Gasteiger partial charge in [-0.3, -0.25) is 0 Å². The van der Waals surface area contributed by atoms with E-state index in [-0.39, 0.29) is 0 Å². The fourth-order valence-electron chi connectivity index (χ4n) is 4.51. The summed E-state index contributed by atoms with van der Waals surface area (Å²) in [5, 5.41) is 3.80. The lowest BCUT2D eigenvalue weighted by atomic mass is 9.48. The Labute approximate surface area is 128 Å². The highest BCUT2D eigenvalue weighted by molar-refractivity contribution is 5.34. The largest absolute Gasteiger partial charge is 0.381 e. The first kappa shape index (κ1) is 13.8. The standard InChI is InChI=1S/C19H27NO/c1-15-2-4-16(5-3-15)19(14-20-17-6-7-17)12-18(13-19)8-10-21-11-9-18/h2-5,17,20H,6-14H2,1H3. The molecule has 1 N–H and O–H groups in total. The summed E-state index contributed by atoms with van der Waals surface area (Å²) in [6, 6.07) is 10.1. The number of aryl methyl sites for hydroxylation is 1. The van der Waals surface area contributed by atoms with Gasteiger partial charge < -0.3 is 10.1 Å². The van der Waals surface area contributed by atoms with E-state index in [0.717, 1.165) is 19.3 Å². The summed E-state index contributed by atoms with van der Waals surface area (Å²) in [5.41, 5.74) is 3.88. The van der Waals surface area contributed by atoms with Crippen LogP contribution < -0.4 is 5.32 Å². The molecule has 2 aliphatic carbocycles. The third-order valence-corrected chi connectivity index (χ3v) is 5.95. The second-order valence-corrected chi connectivity index (χ2v) is 7.77. The summed E-state index contributed by atoms with van der Waals surface area (Å²) < 4.78 is 5.58. The van der Waals surface area contributed by atoms with E-state index in [0.29, 0.717) is 10.8 Å². The van der Waals surface area contributed by atoms with Crippen molar-refractivity contribution in [3.05, 3.63) is 35.4 Å². The molecule has 0 unspecified atom stereocenters. The van der Waals surface area contributed by atoms with Crippen molar-refractivity contribution in [2.24, 2.45) is 5.41 Å². The SMILES string of the molecule is Cc1ccc(C2(CNC3CC3)CC3(CCOCC3)C2)cc1. The first-order valence-electron chi connectivity index (χ1n) is 8.58. The number of rotatable bonds is 4. The Morgan fingerprint density at radius 3 is 2.38 bits per heavy atom. The lowest BCUT2D eigenvalue weighted by Gasteiger charge is -2.58. The zero-order valence-corrected chi connectivity index (χ0v) is 13.2. The number of nitrogens with one attached hydrogen (secondary N) is 1. The van der Waals surface area contributed by atoms with E-state index in [2.05, 4.69) is 36.5 Å². The van der Waals surface area contributed by atoms with Crippen LogP contribution in [-0.4, -0.2) is 25.8 Å². The van der Waals surface area contributed by atoms with E-state index in [4.69, 9.17) is 4.74 Å². The predicted octanol–water partition coefficient (Wildman–Crippen LogP) is 3.58. The molecule has 0 radical (unpaired) electrons. The molecule has 0 aromatic heterocycles. The van der Waals surface area contributed by atoms with Gasteiger partial charge in [0.1, 0.15) is 0 Å². The van der Waals surface area contributed by atoms with Gasteiger partial charge in [0.15, 0.2) is 0 Å². The smallest absolute Gasteiger partial charge is 0.0471 e. The Bertz CT molecular complexity index is 489. The average Bonchev–Trinajstić information content (AvgIpc) is 3.29. The van der Waals surface area contributed by atoms with Crippen molar-refractivity contribution >= 4 is 0 Å². The molecule has 1 aliphatic heterocycles. The van der Waals surface area contributed by atoms with Crippen LogP contribution in [0.25, 0.3) is 0 Å². The van der Waals surface area contributed by atoms with Crippen LogP contribution in [-0.2, 0) is 10.2 Å². The van der Waals surface area contributed by atoms with Gasteiger partial charge in [0.2, 0.25) is 0 Å². The third kappa shape index (κ3) is 2.64. The van der Waals surface area contributed by atoms with Crippen molar-refractivity contribution in [2.75, 3.05) is 19.8 Å². The second kappa shape index (κ2) is 5.10. The minimum Gasteiger partial charge on any atom is -0.381 e. The zero-order valence-electron chi connectivity index (χ0n) is 13.2. The quantitative estimate of drug-likeness (QED) is 0.913. The summed E-state index contributed by atoms with van der Waals surface area (Å²) in [5.74, 6) is 0. The van der Waals surface area contributed by atoms with Crippen molar-refractivity contribution in [2.45, 2.75) is 56.9 Å². The van der Waals surface area contributed by atoms with Crippen LogP contribution in [0.5, 0.6) is 0 Å². The lowest BCUT2D eigenvalue weighted by Crippen LogP contribution is -2.56. The third-order valence-electron chi connectivity index (χ3n) is 5.95. The maximum absolute atomic E-state index is 5.58. The van der Waals surface area contributed by atoms with E-state index in [1.165, 1.54) is 50.6 Å². The van der Waals surface area contributed by atoms with Crippen molar-refractivity contribution in [1.82, 2.24) is 5.32 Å². The van der Waals surface area contributed by atoms with Crippen molar-refractivity contribution in [1.29, 1.82) is 0 Å². The summed E-state index contributed by atoms with van der Waals surface area (Å²) in [6.45, 7) is 5.29. The molecular weight excluding hydrogens is 258 g/mol. The highest BCUT2D eigenvalue weighted by Gasteiger charge is 2.55. The predicted molar refractivity (Wildman–Crippen MR) is 85.6 cm³/mol. The molecule has 0 bridgehead atoms. The van der Waals surface area contributed by atoms with Gasteiger partial charge in [-0.25, -0.2) is 0 Å². The molecule has 2 saturated carbocycles. The summed E-state index contributed by atoms with van der Waals surface area (Å²) in [7, 11) is 0. The van der Waals surface area contributed by atoms with Crippen LogP contribution in [0, 0.1) is 12.3 Å². The molecule has 21 heavy (non-hydrogen) atoms. The topological polar surface area (TPSA) is 21.3 Å². The maximum atomic E-state index is 5.58. The Kier molecular flexibility index (Phi) is 3.35. The van der Waals surface area contributed by atoms with Crippen molar-refractivity contribution < 1.29 is 4.74 Å². The molecule has 0 amide bonds. The zero-order chi connectivity index (χ0) is 14.3. The van der Waals surface area contributed by atoms with Crippen LogP contribution >= 0.6 is 0 Å². The molecular formula is C19H27NO. The van der Waals surface area contributed by atoms with Crippen LogP contribution in [0.3, 0.4) is 0 Å². The van der Waals surface area contributed by atoms with Gasteiger partial charge in [-0.05, 0) is 56.4 Å². The van der Waals surface area contributed by atoms with Gasteiger partial charge in [-0.1, -0.05) is 29.8 Å². The monoisotopic (exact) mass is 285 g/mol. The van der Waals surface area contributed by atoms with Crippen molar-refractivity contribution in [3.8, 4) is 0 Å². The molecule has 3 aliphatic rings. The van der Waals surface area contributed by atoms with E-state index < -0.39 is 0 Å². The average molecular weight is 285 g/mol. The Morgan fingerprint density at radius 2 is 1.76 bits per heavy atom. The molecule has 1 heterocycles. The minimum atomic E-state index is 0.383. The molecule has 1 aromatic rings. The summed E-state index contributed by atoms with van der Waals surface area (Å²) in [4.78, 5) is 0. The first-order chi connectivity index (χ1) is 10.2. The van der Waals surface area contributed by atoms with Gasteiger partial charge in [0, 0.05) is 31.2 Å². The molecule has 1 aromatic carbocycles. The Balaban J connectivity index is 1.53. The number of ether oxygens (including phenoxy) is 1. The minimum absolute atomic E-state index is 0.383. The Morgan fingerprint density at radius 1 is 1.10 bits per heavy atom. The highest BCUT2D eigenvalue weighted by Crippen LogP contribution is 2.60. The highest BCUT2D eigenvalue weighted by atomic mass is 16.5.